The third-order valence-corrected chi connectivity index (χ3v) is 5.44. The molecule has 0 unspecified atom stereocenters. The summed E-state index contributed by atoms with van der Waals surface area (Å²) < 4.78 is 54.6. The molecule has 0 radical (unpaired) electrons. The number of anilines is 3. The SMILES string of the molecule is Cc1cc(F)ccc1N1CN(c2ccc(=O)[nH]c2C)C(=O)c2cc(C(F)(F)F)c(C#N)cc21. The van der Waals surface area contributed by atoms with Gasteiger partial charge in [0, 0.05) is 17.4 Å². The molecule has 4 rings (SSSR count). The number of carbonyl (C=O) groups excluding carboxylic acids is 1. The Hall–Kier alpha value is -4.13. The summed E-state index contributed by atoms with van der Waals surface area (Å²) in [5, 5.41) is 9.34. The van der Waals surface area contributed by atoms with Gasteiger partial charge in [0.25, 0.3) is 5.91 Å². The molecule has 1 aliphatic heterocycles. The molecular weight excluding hydrogens is 440 g/mol. The quantitative estimate of drug-likeness (QED) is 0.563. The van der Waals surface area contributed by atoms with Gasteiger partial charge in [0.05, 0.1) is 34.1 Å². The molecule has 0 aliphatic carbocycles. The lowest BCUT2D eigenvalue weighted by atomic mass is 9.97. The minimum absolute atomic E-state index is 0.0950. The highest BCUT2D eigenvalue weighted by Gasteiger charge is 2.39. The maximum Gasteiger partial charge on any atom is 0.417 e. The normalized spacial score (nSPS) is 13.7. The number of benzene rings is 2. The van der Waals surface area contributed by atoms with E-state index in [1.165, 1.54) is 40.1 Å². The van der Waals surface area contributed by atoms with Crippen molar-refractivity contribution >= 4 is 23.0 Å². The van der Waals surface area contributed by atoms with Crippen molar-refractivity contribution in [3.63, 3.8) is 0 Å². The molecule has 1 N–H and O–H groups in total. The molecule has 10 heteroatoms. The van der Waals surface area contributed by atoms with Crippen LogP contribution in [0.4, 0.5) is 34.6 Å². The van der Waals surface area contributed by atoms with Crippen LogP contribution in [0.2, 0.25) is 0 Å². The summed E-state index contributed by atoms with van der Waals surface area (Å²) in [6, 6.07) is 9.75. The van der Waals surface area contributed by atoms with E-state index in [-0.39, 0.29) is 17.9 Å². The van der Waals surface area contributed by atoms with E-state index >= 15 is 0 Å². The minimum Gasteiger partial charge on any atom is -0.324 e. The van der Waals surface area contributed by atoms with Crippen LogP contribution in [0.1, 0.15) is 32.7 Å². The number of hydrogen-bond donors (Lipinski definition) is 1. The van der Waals surface area contributed by atoms with E-state index < -0.39 is 34.6 Å². The third-order valence-electron chi connectivity index (χ3n) is 5.44. The van der Waals surface area contributed by atoms with Crippen LogP contribution in [0.3, 0.4) is 0 Å². The standard InChI is InChI=1S/C23H16F4N4O2/c1-12-7-15(24)3-4-18(12)30-11-31(19-5-6-21(32)29-13(19)2)22(33)16-9-17(23(25,26)27)14(10-28)8-20(16)30/h3-9H,11H2,1-2H3,(H,29,32). The molecule has 0 saturated heterocycles. The van der Waals surface area contributed by atoms with Gasteiger partial charge in [0.15, 0.2) is 0 Å². The molecule has 3 aromatic rings. The summed E-state index contributed by atoms with van der Waals surface area (Å²) >= 11 is 0. The monoisotopic (exact) mass is 456 g/mol. The highest BCUT2D eigenvalue weighted by molar-refractivity contribution is 6.13. The summed E-state index contributed by atoms with van der Waals surface area (Å²) in [4.78, 5) is 30.3. The Balaban J connectivity index is 2.00. The number of aryl methyl sites for hydroxylation is 2. The maximum absolute atomic E-state index is 13.7. The fraction of sp³-hybridized carbons (Fsp3) is 0.174. The number of nitrogens with one attached hydrogen (secondary N) is 1. The van der Waals surface area contributed by atoms with Gasteiger partial charge in [-0.2, -0.15) is 18.4 Å². The number of amides is 1. The Bertz CT molecular complexity index is 1390. The fourth-order valence-corrected chi connectivity index (χ4v) is 3.91. The second-order valence-corrected chi connectivity index (χ2v) is 7.59. The number of rotatable bonds is 2. The molecule has 0 spiro atoms. The van der Waals surface area contributed by atoms with Crippen LogP contribution in [0.15, 0.2) is 47.3 Å². The van der Waals surface area contributed by atoms with Crippen LogP contribution in [0.5, 0.6) is 0 Å². The van der Waals surface area contributed by atoms with Crippen molar-refractivity contribution in [3.05, 3.63) is 86.6 Å². The number of aromatic nitrogens is 1. The van der Waals surface area contributed by atoms with Crippen LogP contribution in [0, 0.1) is 31.0 Å². The van der Waals surface area contributed by atoms with Crippen LogP contribution >= 0.6 is 0 Å². The Morgan fingerprint density at radius 1 is 0.970 bits per heavy atom. The van der Waals surface area contributed by atoms with E-state index in [0.717, 1.165) is 6.07 Å². The molecule has 0 saturated carbocycles. The third kappa shape index (κ3) is 3.82. The zero-order valence-electron chi connectivity index (χ0n) is 17.4. The number of nitriles is 1. The van der Waals surface area contributed by atoms with Gasteiger partial charge < -0.3 is 9.88 Å². The second kappa shape index (κ2) is 7.78. The lowest BCUT2D eigenvalue weighted by Gasteiger charge is -2.39. The van der Waals surface area contributed by atoms with Crippen molar-refractivity contribution in [2.75, 3.05) is 16.5 Å². The average molecular weight is 456 g/mol. The molecule has 0 fully saturated rings. The van der Waals surface area contributed by atoms with Crippen LogP contribution in [0.25, 0.3) is 0 Å². The number of nitrogens with zero attached hydrogens (tertiary/aromatic N) is 3. The molecule has 0 atom stereocenters. The molecule has 0 bridgehead atoms. The van der Waals surface area contributed by atoms with Crippen LogP contribution in [-0.2, 0) is 6.18 Å². The Kier molecular flexibility index (Phi) is 5.20. The summed E-state index contributed by atoms with van der Waals surface area (Å²) in [6.07, 6.45) is -4.85. The minimum atomic E-state index is -4.85. The van der Waals surface area contributed by atoms with Crippen molar-refractivity contribution in [1.82, 2.24) is 4.98 Å². The van der Waals surface area contributed by atoms with Crippen molar-refractivity contribution < 1.29 is 22.4 Å². The molecule has 1 amide bonds. The topological polar surface area (TPSA) is 80.2 Å². The van der Waals surface area contributed by atoms with Gasteiger partial charge in [0.2, 0.25) is 5.56 Å². The predicted octanol–water partition coefficient (Wildman–Crippen LogP) is 4.78. The Labute approximate surface area is 185 Å². The molecule has 168 valence electrons. The zero-order chi connectivity index (χ0) is 24.1. The number of carbonyl (C=O) groups is 1. The van der Waals surface area contributed by atoms with E-state index in [4.69, 9.17) is 0 Å². The average Bonchev–Trinajstić information content (AvgIpc) is 2.73. The van der Waals surface area contributed by atoms with Crippen molar-refractivity contribution in [2.24, 2.45) is 0 Å². The van der Waals surface area contributed by atoms with Crippen molar-refractivity contribution in [2.45, 2.75) is 20.0 Å². The van der Waals surface area contributed by atoms with Crippen LogP contribution < -0.4 is 15.4 Å². The number of hydrogen-bond acceptors (Lipinski definition) is 4. The van der Waals surface area contributed by atoms with Gasteiger partial charge in [-0.15, -0.1) is 0 Å². The Morgan fingerprint density at radius 2 is 1.67 bits per heavy atom. The van der Waals surface area contributed by atoms with E-state index in [1.54, 1.807) is 19.9 Å². The summed E-state index contributed by atoms with van der Waals surface area (Å²) in [6.45, 7) is 3.05. The van der Waals surface area contributed by atoms with E-state index in [9.17, 15) is 32.4 Å². The highest BCUT2D eigenvalue weighted by Crippen LogP contribution is 2.42. The largest absolute Gasteiger partial charge is 0.417 e. The molecule has 2 heterocycles. The lowest BCUT2D eigenvalue weighted by Crippen LogP contribution is -2.46. The number of fused-ring (bicyclic) bond motifs is 1. The first-order chi connectivity index (χ1) is 15.5. The van der Waals surface area contributed by atoms with Crippen molar-refractivity contribution in [3.8, 4) is 6.07 Å². The number of halogens is 4. The van der Waals surface area contributed by atoms with E-state index in [2.05, 4.69) is 4.98 Å². The first-order valence-electron chi connectivity index (χ1n) is 9.72. The van der Waals surface area contributed by atoms with E-state index in [0.29, 0.717) is 28.7 Å². The summed E-state index contributed by atoms with van der Waals surface area (Å²) in [5.74, 6) is -1.23. The molecule has 2 aromatic carbocycles. The van der Waals surface area contributed by atoms with Gasteiger partial charge >= 0.3 is 6.18 Å². The molecule has 1 aliphatic rings. The van der Waals surface area contributed by atoms with Gasteiger partial charge in [-0.05, 0) is 55.8 Å². The van der Waals surface area contributed by atoms with Crippen LogP contribution in [-0.4, -0.2) is 17.6 Å². The first kappa shape index (κ1) is 22.1. The number of aromatic amines is 1. The number of alkyl halides is 3. The van der Waals surface area contributed by atoms with Gasteiger partial charge in [-0.1, -0.05) is 0 Å². The molecular formula is C23H16F4N4O2. The van der Waals surface area contributed by atoms with Gasteiger partial charge in [-0.3, -0.25) is 14.5 Å². The smallest absolute Gasteiger partial charge is 0.324 e. The van der Waals surface area contributed by atoms with E-state index in [1.807, 2.05) is 0 Å². The fourth-order valence-electron chi connectivity index (χ4n) is 3.91. The first-order valence-corrected chi connectivity index (χ1v) is 9.72. The number of H-pyrrole nitrogens is 1. The summed E-state index contributed by atoms with van der Waals surface area (Å²) in [7, 11) is 0. The highest BCUT2D eigenvalue weighted by atomic mass is 19.4. The molecule has 33 heavy (non-hydrogen) atoms. The molecule has 1 aromatic heterocycles. The van der Waals surface area contributed by atoms with Gasteiger partial charge in [-0.25, -0.2) is 4.39 Å². The van der Waals surface area contributed by atoms with Crippen molar-refractivity contribution in [1.29, 1.82) is 5.26 Å². The maximum atomic E-state index is 13.7. The summed E-state index contributed by atoms with van der Waals surface area (Å²) in [5.41, 5.74) is -0.870. The zero-order valence-corrected chi connectivity index (χ0v) is 17.4. The predicted molar refractivity (Wildman–Crippen MR) is 113 cm³/mol. The van der Waals surface area contributed by atoms with Gasteiger partial charge in [0.1, 0.15) is 12.5 Å². The number of pyridine rings is 1. The second-order valence-electron chi connectivity index (χ2n) is 7.59. The Morgan fingerprint density at radius 3 is 2.27 bits per heavy atom. The lowest BCUT2D eigenvalue weighted by molar-refractivity contribution is -0.137. The molecule has 6 nitrogen and oxygen atoms in total.